The lowest BCUT2D eigenvalue weighted by molar-refractivity contribution is -0.0440. The van der Waals surface area contributed by atoms with Gasteiger partial charge in [0.1, 0.15) is 4.90 Å². The fourth-order valence-electron chi connectivity index (χ4n) is 2.61. The van der Waals surface area contributed by atoms with Crippen LogP contribution in [-0.2, 0) is 27.8 Å². The molecule has 2 N–H and O–H groups in total. The van der Waals surface area contributed by atoms with Crippen molar-refractivity contribution in [2.24, 2.45) is 5.73 Å². The maximum Gasteiger partial charge on any atom is 0.244 e. The van der Waals surface area contributed by atoms with Crippen molar-refractivity contribution in [2.45, 2.75) is 51.0 Å². The molecule has 0 spiro atoms. The van der Waals surface area contributed by atoms with E-state index in [4.69, 9.17) is 10.5 Å². The highest BCUT2D eigenvalue weighted by atomic mass is 32.2. The summed E-state index contributed by atoms with van der Waals surface area (Å²) >= 11 is 0. The Kier molecular flexibility index (Phi) is 4.53. The van der Waals surface area contributed by atoms with Gasteiger partial charge in [0.15, 0.2) is 0 Å². The Labute approximate surface area is 120 Å². The van der Waals surface area contributed by atoms with Crippen LogP contribution in [0.25, 0.3) is 0 Å². The average molecular weight is 301 g/mol. The van der Waals surface area contributed by atoms with Crippen molar-refractivity contribution in [2.75, 3.05) is 13.1 Å². The van der Waals surface area contributed by atoms with Crippen molar-refractivity contribution in [3.63, 3.8) is 0 Å². The van der Waals surface area contributed by atoms with Crippen LogP contribution in [-0.4, -0.2) is 42.6 Å². The normalized spacial score (nSPS) is 25.0. The molecular weight excluding hydrogens is 278 g/mol. The number of morpholine rings is 1. The molecule has 0 bridgehead atoms. The fourth-order valence-corrected chi connectivity index (χ4v) is 4.26. The molecule has 0 aromatic carbocycles. The molecule has 1 saturated heterocycles. The molecule has 0 saturated carbocycles. The molecule has 7 heteroatoms. The SMILES string of the molecule is CCn1cc(S(=O)(=O)N2CC(C)OC(C)C2)cc1CN. The minimum absolute atomic E-state index is 0.0873. The molecule has 0 radical (unpaired) electrons. The zero-order valence-corrected chi connectivity index (χ0v) is 13.1. The number of ether oxygens (including phenoxy) is 1. The lowest BCUT2D eigenvalue weighted by Crippen LogP contribution is -2.48. The quantitative estimate of drug-likeness (QED) is 0.891. The topological polar surface area (TPSA) is 77.6 Å². The van der Waals surface area contributed by atoms with Crippen molar-refractivity contribution in [1.82, 2.24) is 8.87 Å². The maximum atomic E-state index is 12.7. The van der Waals surface area contributed by atoms with Gasteiger partial charge in [-0.15, -0.1) is 0 Å². The summed E-state index contributed by atoms with van der Waals surface area (Å²) in [6.07, 6.45) is 1.49. The molecule has 1 aromatic rings. The summed E-state index contributed by atoms with van der Waals surface area (Å²) in [5.41, 5.74) is 6.49. The Bertz CT molecular complexity index is 536. The number of hydrogen-bond acceptors (Lipinski definition) is 4. The minimum atomic E-state index is -3.47. The van der Waals surface area contributed by atoms with Crippen LogP contribution in [0.4, 0.5) is 0 Å². The van der Waals surface area contributed by atoms with Gasteiger partial charge in [0.25, 0.3) is 0 Å². The molecule has 2 rings (SSSR count). The summed E-state index contributed by atoms with van der Waals surface area (Å²) in [6, 6.07) is 1.67. The summed E-state index contributed by atoms with van der Waals surface area (Å²) < 4.78 is 34.3. The first kappa shape index (κ1) is 15.5. The van der Waals surface area contributed by atoms with Gasteiger partial charge in [-0.2, -0.15) is 4.31 Å². The summed E-state index contributed by atoms with van der Waals surface area (Å²) in [4.78, 5) is 0.320. The third kappa shape index (κ3) is 2.90. The van der Waals surface area contributed by atoms with Crippen LogP contribution in [0.1, 0.15) is 26.5 Å². The molecule has 6 nitrogen and oxygen atoms in total. The molecule has 1 fully saturated rings. The van der Waals surface area contributed by atoms with Crippen molar-refractivity contribution in [3.8, 4) is 0 Å². The van der Waals surface area contributed by atoms with Gasteiger partial charge in [0.05, 0.1) is 12.2 Å². The zero-order chi connectivity index (χ0) is 14.9. The van der Waals surface area contributed by atoms with Gasteiger partial charge in [-0.3, -0.25) is 0 Å². The van der Waals surface area contributed by atoms with Crippen molar-refractivity contribution in [1.29, 1.82) is 0 Å². The van der Waals surface area contributed by atoms with Crippen LogP contribution in [0.15, 0.2) is 17.2 Å². The van der Waals surface area contributed by atoms with Crippen LogP contribution < -0.4 is 5.73 Å². The number of aromatic nitrogens is 1. The number of nitrogens with two attached hydrogens (primary N) is 1. The van der Waals surface area contributed by atoms with Crippen LogP contribution in [0, 0.1) is 0 Å². The van der Waals surface area contributed by atoms with E-state index in [0.717, 1.165) is 5.69 Å². The minimum Gasteiger partial charge on any atom is -0.373 e. The molecule has 1 aliphatic rings. The van der Waals surface area contributed by atoms with E-state index in [1.54, 1.807) is 12.3 Å². The number of hydrogen-bond donors (Lipinski definition) is 1. The first-order chi connectivity index (χ1) is 9.38. The second-order valence-electron chi connectivity index (χ2n) is 5.24. The number of aryl methyl sites for hydroxylation is 1. The molecule has 0 amide bonds. The van der Waals surface area contributed by atoms with E-state index >= 15 is 0 Å². The molecule has 2 unspecified atom stereocenters. The highest BCUT2D eigenvalue weighted by molar-refractivity contribution is 7.89. The Hall–Kier alpha value is -0.890. The fraction of sp³-hybridized carbons (Fsp3) is 0.692. The summed E-state index contributed by atoms with van der Waals surface area (Å²) in [5.74, 6) is 0. The maximum absolute atomic E-state index is 12.7. The molecule has 20 heavy (non-hydrogen) atoms. The van der Waals surface area contributed by atoms with Crippen LogP contribution in [0.2, 0.25) is 0 Å². The summed E-state index contributed by atoms with van der Waals surface area (Å²) in [5, 5.41) is 0. The summed E-state index contributed by atoms with van der Waals surface area (Å²) in [7, 11) is -3.47. The van der Waals surface area contributed by atoms with Crippen molar-refractivity contribution in [3.05, 3.63) is 18.0 Å². The van der Waals surface area contributed by atoms with E-state index < -0.39 is 10.0 Å². The predicted octanol–water partition coefficient (Wildman–Crippen LogP) is 0.765. The van der Waals surface area contributed by atoms with E-state index in [1.165, 1.54) is 4.31 Å². The van der Waals surface area contributed by atoms with Gasteiger partial charge in [0, 0.05) is 38.1 Å². The molecule has 2 atom stereocenters. The largest absolute Gasteiger partial charge is 0.373 e. The number of sulfonamides is 1. The van der Waals surface area contributed by atoms with E-state index in [2.05, 4.69) is 0 Å². The van der Waals surface area contributed by atoms with Crippen LogP contribution >= 0.6 is 0 Å². The predicted molar refractivity (Wildman–Crippen MR) is 76.8 cm³/mol. The lowest BCUT2D eigenvalue weighted by Gasteiger charge is -2.34. The van der Waals surface area contributed by atoms with E-state index in [1.807, 2.05) is 25.3 Å². The van der Waals surface area contributed by atoms with Gasteiger partial charge in [-0.25, -0.2) is 8.42 Å². The molecule has 0 aliphatic carbocycles. The Morgan fingerprint density at radius 1 is 1.35 bits per heavy atom. The van der Waals surface area contributed by atoms with E-state index in [-0.39, 0.29) is 12.2 Å². The number of nitrogens with zero attached hydrogens (tertiary/aromatic N) is 2. The average Bonchev–Trinajstić information content (AvgIpc) is 2.81. The molecule has 2 heterocycles. The van der Waals surface area contributed by atoms with E-state index in [0.29, 0.717) is 31.1 Å². The van der Waals surface area contributed by atoms with Gasteiger partial charge in [0.2, 0.25) is 10.0 Å². The van der Waals surface area contributed by atoms with Crippen LogP contribution in [0.5, 0.6) is 0 Å². The standard InChI is InChI=1S/C13H23N3O3S/c1-4-15-9-13(5-12(15)6-14)20(17,18)16-7-10(2)19-11(3)8-16/h5,9-11H,4,6-8,14H2,1-3H3. The molecule has 1 aliphatic heterocycles. The highest BCUT2D eigenvalue weighted by Crippen LogP contribution is 2.23. The van der Waals surface area contributed by atoms with Gasteiger partial charge in [-0.1, -0.05) is 0 Å². The van der Waals surface area contributed by atoms with Gasteiger partial charge in [-0.05, 0) is 26.8 Å². The smallest absolute Gasteiger partial charge is 0.244 e. The van der Waals surface area contributed by atoms with E-state index in [9.17, 15) is 8.42 Å². The first-order valence-corrected chi connectivity index (χ1v) is 8.37. The molecule has 1 aromatic heterocycles. The third-order valence-electron chi connectivity index (χ3n) is 3.53. The Morgan fingerprint density at radius 3 is 2.40 bits per heavy atom. The van der Waals surface area contributed by atoms with Crippen LogP contribution in [0.3, 0.4) is 0 Å². The summed E-state index contributed by atoms with van der Waals surface area (Å²) in [6.45, 7) is 7.57. The van der Waals surface area contributed by atoms with Crippen molar-refractivity contribution >= 4 is 10.0 Å². The second kappa shape index (κ2) is 5.85. The Balaban J connectivity index is 2.32. The first-order valence-electron chi connectivity index (χ1n) is 6.93. The van der Waals surface area contributed by atoms with Gasteiger partial charge >= 0.3 is 0 Å². The molecule has 114 valence electrons. The lowest BCUT2D eigenvalue weighted by atomic mass is 10.3. The van der Waals surface area contributed by atoms with Crippen molar-refractivity contribution < 1.29 is 13.2 Å². The zero-order valence-electron chi connectivity index (χ0n) is 12.2. The van der Waals surface area contributed by atoms with Gasteiger partial charge < -0.3 is 15.0 Å². The number of rotatable bonds is 4. The monoisotopic (exact) mass is 301 g/mol. The third-order valence-corrected chi connectivity index (χ3v) is 5.33. The Morgan fingerprint density at radius 2 is 1.95 bits per heavy atom. The highest BCUT2D eigenvalue weighted by Gasteiger charge is 2.33. The molecular formula is C13H23N3O3S. The second-order valence-corrected chi connectivity index (χ2v) is 7.17.